The highest BCUT2D eigenvalue weighted by Crippen LogP contribution is 2.13. The molecule has 0 aliphatic rings. The van der Waals surface area contributed by atoms with Crippen molar-refractivity contribution in [1.82, 2.24) is 5.48 Å². The van der Waals surface area contributed by atoms with Crippen LogP contribution in [-0.4, -0.2) is 32.1 Å². The minimum atomic E-state index is -0.222. The van der Waals surface area contributed by atoms with Gasteiger partial charge in [0, 0.05) is 19.9 Å². The normalized spacial score (nSPS) is 11.6. The highest BCUT2D eigenvalue weighted by Gasteiger charge is 2.17. The van der Waals surface area contributed by atoms with Crippen LogP contribution >= 0.6 is 0 Å². The molecule has 78 valence electrons. The zero-order valence-corrected chi connectivity index (χ0v) is 8.63. The van der Waals surface area contributed by atoms with Crippen LogP contribution in [-0.2, 0) is 14.4 Å². The van der Waals surface area contributed by atoms with Gasteiger partial charge in [-0.1, -0.05) is 0 Å². The molecule has 4 nitrogen and oxygen atoms in total. The number of carbonyl (C=O) groups excluding carboxylic acids is 1. The monoisotopic (exact) mass is 189 g/mol. The Hall–Kier alpha value is -0.450. The number of ether oxygens (including phenoxy) is 1. The first-order valence-corrected chi connectivity index (χ1v) is 4.48. The molecule has 0 atom stereocenters. The highest BCUT2D eigenvalue weighted by molar-refractivity contribution is 5.49. The van der Waals surface area contributed by atoms with Gasteiger partial charge in [-0.15, -0.1) is 0 Å². The third kappa shape index (κ3) is 7.90. The lowest BCUT2D eigenvalue weighted by Crippen LogP contribution is -2.28. The van der Waals surface area contributed by atoms with E-state index in [-0.39, 0.29) is 5.60 Å². The fourth-order valence-corrected chi connectivity index (χ4v) is 0.854. The zero-order chi connectivity index (χ0) is 10.2. The van der Waals surface area contributed by atoms with Gasteiger partial charge in [-0.25, -0.2) is 5.48 Å². The molecular formula is C9H19NO3. The van der Waals surface area contributed by atoms with E-state index >= 15 is 0 Å². The van der Waals surface area contributed by atoms with Gasteiger partial charge in [0.25, 0.3) is 0 Å². The van der Waals surface area contributed by atoms with Crippen molar-refractivity contribution in [2.24, 2.45) is 0 Å². The maximum atomic E-state index is 10.0. The molecule has 0 aromatic rings. The quantitative estimate of drug-likeness (QED) is 0.350. The first-order valence-electron chi connectivity index (χ1n) is 4.48. The molecule has 0 amide bonds. The molecule has 0 fully saturated rings. The summed E-state index contributed by atoms with van der Waals surface area (Å²) in [5.74, 6) is 0. The summed E-state index contributed by atoms with van der Waals surface area (Å²) in [4.78, 5) is 15.0. The van der Waals surface area contributed by atoms with Gasteiger partial charge >= 0.3 is 0 Å². The van der Waals surface area contributed by atoms with Crippen molar-refractivity contribution in [3.63, 3.8) is 0 Å². The molecule has 0 aliphatic heterocycles. The van der Waals surface area contributed by atoms with Crippen molar-refractivity contribution in [2.45, 2.75) is 32.3 Å². The average molecular weight is 189 g/mol. The van der Waals surface area contributed by atoms with Crippen molar-refractivity contribution < 1.29 is 14.4 Å². The predicted octanol–water partition coefficient (Wildman–Crippen LogP) is 0.912. The van der Waals surface area contributed by atoms with E-state index in [0.29, 0.717) is 19.6 Å². The maximum absolute atomic E-state index is 10.0. The highest BCUT2D eigenvalue weighted by atomic mass is 16.6. The van der Waals surface area contributed by atoms with E-state index in [1.807, 2.05) is 13.8 Å². The van der Waals surface area contributed by atoms with E-state index in [1.54, 1.807) is 7.05 Å². The Bertz CT molecular complexity index is 137. The van der Waals surface area contributed by atoms with E-state index in [2.05, 4.69) is 5.48 Å². The van der Waals surface area contributed by atoms with Gasteiger partial charge in [-0.05, 0) is 13.8 Å². The molecule has 1 N–H and O–H groups in total. The number of carbonyl (C=O) groups is 1. The van der Waals surface area contributed by atoms with Gasteiger partial charge in [0.1, 0.15) is 6.29 Å². The summed E-state index contributed by atoms with van der Waals surface area (Å²) in [6.07, 6.45) is 2.11. The first-order chi connectivity index (χ1) is 6.12. The van der Waals surface area contributed by atoms with Gasteiger partial charge < -0.3 is 14.4 Å². The van der Waals surface area contributed by atoms with Crippen LogP contribution in [0.1, 0.15) is 26.7 Å². The molecular weight excluding hydrogens is 170 g/mol. The Balaban J connectivity index is 3.47. The summed E-state index contributed by atoms with van der Waals surface area (Å²) in [6.45, 7) is 5.05. The number of hydrogen-bond donors (Lipinski definition) is 1. The Morgan fingerprint density at radius 2 is 2.08 bits per heavy atom. The van der Waals surface area contributed by atoms with E-state index in [9.17, 15) is 4.79 Å². The predicted molar refractivity (Wildman–Crippen MR) is 50.3 cm³/mol. The van der Waals surface area contributed by atoms with E-state index in [4.69, 9.17) is 9.57 Å². The number of rotatable bonds is 8. The lowest BCUT2D eigenvalue weighted by molar-refractivity contribution is -0.110. The molecule has 0 radical (unpaired) electrons. The lowest BCUT2D eigenvalue weighted by Gasteiger charge is -2.24. The minimum absolute atomic E-state index is 0.222. The third-order valence-electron chi connectivity index (χ3n) is 1.68. The van der Waals surface area contributed by atoms with Crippen LogP contribution in [0.15, 0.2) is 0 Å². The van der Waals surface area contributed by atoms with Gasteiger partial charge in [-0.2, -0.15) is 0 Å². The molecule has 0 spiro atoms. The molecule has 0 unspecified atom stereocenters. The standard InChI is InChI=1S/C9H19NO3/c1-9(2,5-8-13-10-3)12-7-4-6-11/h6,10H,4-5,7-8H2,1-3H3. The second kappa shape index (κ2) is 7.00. The fourth-order valence-electron chi connectivity index (χ4n) is 0.854. The molecule has 0 bridgehead atoms. The number of hydroxylamine groups is 1. The van der Waals surface area contributed by atoms with Crippen LogP contribution in [0.2, 0.25) is 0 Å². The SMILES string of the molecule is CNOCCC(C)(C)OCCC=O. The van der Waals surface area contributed by atoms with Gasteiger partial charge in [0.05, 0.1) is 18.8 Å². The van der Waals surface area contributed by atoms with Crippen LogP contribution < -0.4 is 5.48 Å². The van der Waals surface area contributed by atoms with Crippen molar-refractivity contribution >= 4 is 6.29 Å². The molecule has 0 aliphatic carbocycles. The number of aldehydes is 1. The topological polar surface area (TPSA) is 47.6 Å². The summed E-state index contributed by atoms with van der Waals surface area (Å²) < 4.78 is 5.48. The number of hydrogen-bond acceptors (Lipinski definition) is 4. The van der Waals surface area contributed by atoms with Crippen molar-refractivity contribution in [2.75, 3.05) is 20.3 Å². The van der Waals surface area contributed by atoms with Crippen molar-refractivity contribution in [1.29, 1.82) is 0 Å². The largest absolute Gasteiger partial charge is 0.375 e. The fraction of sp³-hybridized carbons (Fsp3) is 0.889. The average Bonchev–Trinajstić information content (AvgIpc) is 2.05. The Morgan fingerprint density at radius 1 is 1.38 bits per heavy atom. The van der Waals surface area contributed by atoms with Crippen molar-refractivity contribution in [3.8, 4) is 0 Å². The van der Waals surface area contributed by atoms with E-state index in [1.165, 1.54) is 0 Å². The molecule has 0 aromatic carbocycles. The van der Waals surface area contributed by atoms with Crippen LogP contribution in [0.25, 0.3) is 0 Å². The van der Waals surface area contributed by atoms with Crippen molar-refractivity contribution in [3.05, 3.63) is 0 Å². The molecule has 4 heteroatoms. The maximum Gasteiger partial charge on any atom is 0.122 e. The summed E-state index contributed by atoms with van der Waals surface area (Å²) in [5.41, 5.74) is 2.37. The molecule has 13 heavy (non-hydrogen) atoms. The van der Waals surface area contributed by atoms with E-state index in [0.717, 1.165) is 12.7 Å². The second-order valence-electron chi connectivity index (χ2n) is 3.37. The third-order valence-corrected chi connectivity index (χ3v) is 1.68. The van der Waals surface area contributed by atoms with Crippen LogP contribution in [0.4, 0.5) is 0 Å². The van der Waals surface area contributed by atoms with Gasteiger partial charge in [0.2, 0.25) is 0 Å². The zero-order valence-electron chi connectivity index (χ0n) is 8.63. The number of nitrogens with one attached hydrogen (secondary N) is 1. The van der Waals surface area contributed by atoms with E-state index < -0.39 is 0 Å². The van der Waals surface area contributed by atoms with Crippen LogP contribution in [0, 0.1) is 0 Å². The van der Waals surface area contributed by atoms with Gasteiger partial charge in [0.15, 0.2) is 0 Å². The van der Waals surface area contributed by atoms with Gasteiger partial charge in [-0.3, -0.25) is 0 Å². The molecule has 0 saturated carbocycles. The summed E-state index contributed by atoms with van der Waals surface area (Å²) in [5, 5.41) is 0. The van der Waals surface area contributed by atoms with Crippen LogP contribution in [0.5, 0.6) is 0 Å². The smallest absolute Gasteiger partial charge is 0.122 e. The molecule has 0 saturated heterocycles. The summed E-state index contributed by atoms with van der Waals surface area (Å²) in [6, 6.07) is 0. The van der Waals surface area contributed by atoms with Crippen LogP contribution in [0.3, 0.4) is 0 Å². The lowest BCUT2D eigenvalue weighted by atomic mass is 10.1. The Kier molecular flexibility index (Phi) is 6.76. The Morgan fingerprint density at radius 3 is 2.62 bits per heavy atom. The Labute approximate surface area is 79.6 Å². The first kappa shape index (κ1) is 12.6. The summed E-state index contributed by atoms with van der Waals surface area (Å²) in [7, 11) is 1.72. The minimum Gasteiger partial charge on any atom is -0.375 e. The molecule has 0 rings (SSSR count). The molecule has 0 heterocycles. The molecule has 0 aromatic heterocycles. The summed E-state index contributed by atoms with van der Waals surface area (Å²) >= 11 is 0. The second-order valence-corrected chi connectivity index (χ2v) is 3.37.